The number of amides is 1. The molecule has 0 saturated carbocycles. The molecule has 1 fully saturated rings. The van der Waals surface area contributed by atoms with Crippen LogP contribution >= 0.6 is 0 Å². The number of nitrogens with zero attached hydrogens (tertiary/aromatic N) is 5. The molecule has 1 amide bonds. The van der Waals surface area contributed by atoms with Gasteiger partial charge in [-0.05, 0) is 44.1 Å². The lowest BCUT2D eigenvalue weighted by atomic mass is 9.90. The number of carbonyl (C=O) groups excluding carboxylic acids is 2. The molecule has 192 valence electrons. The summed E-state index contributed by atoms with van der Waals surface area (Å²) >= 11 is 0. The topological polar surface area (TPSA) is 106 Å². The average Bonchev–Trinajstić information content (AvgIpc) is 3.37. The Morgan fingerprint density at radius 1 is 1.19 bits per heavy atom. The Morgan fingerprint density at radius 3 is 2.70 bits per heavy atom. The van der Waals surface area contributed by atoms with Gasteiger partial charge in [-0.2, -0.15) is 9.61 Å². The lowest BCUT2D eigenvalue weighted by Crippen LogP contribution is -2.38. The predicted octanol–water partition coefficient (Wildman–Crippen LogP) is 4.76. The zero-order valence-electron chi connectivity index (χ0n) is 21.3. The number of nitrogens with two attached hydrogens (primary N) is 1. The SMILES string of the molecule is CCCCC(=O)N1CCC(Cc2nc3c(-c4ccc(C5C=CC=CC5)nc4)cnn3c(N)c2C=O)CC1. The van der Waals surface area contributed by atoms with Crippen molar-refractivity contribution in [1.29, 1.82) is 0 Å². The molecule has 8 heteroatoms. The summed E-state index contributed by atoms with van der Waals surface area (Å²) in [6.45, 7) is 3.61. The largest absolute Gasteiger partial charge is 0.383 e. The number of anilines is 1. The summed E-state index contributed by atoms with van der Waals surface area (Å²) in [5.74, 6) is 1.18. The van der Waals surface area contributed by atoms with Gasteiger partial charge in [0.2, 0.25) is 5.91 Å². The van der Waals surface area contributed by atoms with Gasteiger partial charge >= 0.3 is 0 Å². The highest BCUT2D eigenvalue weighted by Crippen LogP contribution is 2.30. The molecule has 0 spiro atoms. The van der Waals surface area contributed by atoms with Crippen molar-refractivity contribution in [3.05, 3.63) is 65.8 Å². The molecule has 4 heterocycles. The number of allylic oxidation sites excluding steroid dienone is 4. The van der Waals surface area contributed by atoms with E-state index in [4.69, 9.17) is 15.7 Å². The van der Waals surface area contributed by atoms with Crippen molar-refractivity contribution in [3.8, 4) is 11.1 Å². The van der Waals surface area contributed by atoms with Crippen LogP contribution in [0.5, 0.6) is 0 Å². The van der Waals surface area contributed by atoms with Crippen LogP contribution in [0.15, 0.2) is 48.8 Å². The monoisotopic (exact) mass is 498 g/mol. The molecular weight excluding hydrogens is 464 g/mol. The number of piperidine rings is 1. The first-order valence-corrected chi connectivity index (χ1v) is 13.3. The molecule has 8 nitrogen and oxygen atoms in total. The Kier molecular flexibility index (Phi) is 7.44. The van der Waals surface area contributed by atoms with Gasteiger partial charge in [0.15, 0.2) is 11.9 Å². The van der Waals surface area contributed by atoms with Crippen molar-refractivity contribution in [1.82, 2.24) is 24.5 Å². The van der Waals surface area contributed by atoms with E-state index in [0.29, 0.717) is 41.5 Å². The molecule has 0 radical (unpaired) electrons. The Hall–Kier alpha value is -3.81. The highest BCUT2D eigenvalue weighted by Gasteiger charge is 2.25. The number of carbonyl (C=O) groups is 2. The van der Waals surface area contributed by atoms with Crippen molar-refractivity contribution in [3.63, 3.8) is 0 Å². The van der Waals surface area contributed by atoms with Gasteiger partial charge in [0.1, 0.15) is 5.82 Å². The summed E-state index contributed by atoms with van der Waals surface area (Å²) in [5, 5.41) is 4.44. The zero-order valence-corrected chi connectivity index (χ0v) is 21.3. The number of aromatic nitrogens is 4. The molecule has 3 aromatic rings. The Labute approximate surface area is 217 Å². The molecule has 2 N–H and O–H groups in total. The summed E-state index contributed by atoms with van der Waals surface area (Å²) in [4.78, 5) is 36.0. The predicted molar refractivity (Wildman–Crippen MR) is 144 cm³/mol. The summed E-state index contributed by atoms with van der Waals surface area (Å²) in [6, 6.07) is 4.09. The molecule has 1 aliphatic heterocycles. The number of rotatable bonds is 8. The Morgan fingerprint density at radius 2 is 2.03 bits per heavy atom. The van der Waals surface area contributed by atoms with E-state index in [1.807, 2.05) is 23.2 Å². The molecule has 1 atom stereocenters. The van der Waals surface area contributed by atoms with Crippen molar-refractivity contribution in [2.75, 3.05) is 18.8 Å². The van der Waals surface area contributed by atoms with Crippen LogP contribution in [0.1, 0.15) is 73.1 Å². The van der Waals surface area contributed by atoms with Crippen LogP contribution in [0.2, 0.25) is 0 Å². The smallest absolute Gasteiger partial charge is 0.222 e. The summed E-state index contributed by atoms with van der Waals surface area (Å²) in [6.07, 6.45) is 18.8. The number of likely N-dealkylation sites (tertiary alicyclic amines) is 1. The number of hydrogen-bond donors (Lipinski definition) is 1. The maximum absolute atomic E-state index is 12.4. The van der Waals surface area contributed by atoms with Crippen LogP contribution in [0.3, 0.4) is 0 Å². The first-order valence-electron chi connectivity index (χ1n) is 13.3. The van der Waals surface area contributed by atoms with E-state index in [1.54, 1.807) is 10.7 Å². The minimum absolute atomic E-state index is 0.247. The third-order valence-electron chi connectivity index (χ3n) is 7.57. The van der Waals surface area contributed by atoms with Crippen molar-refractivity contribution in [2.24, 2.45) is 5.92 Å². The van der Waals surface area contributed by atoms with E-state index in [9.17, 15) is 9.59 Å². The van der Waals surface area contributed by atoms with E-state index >= 15 is 0 Å². The van der Waals surface area contributed by atoms with Gasteiger partial charge in [-0.3, -0.25) is 14.6 Å². The van der Waals surface area contributed by atoms with Crippen molar-refractivity contribution < 1.29 is 9.59 Å². The van der Waals surface area contributed by atoms with Gasteiger partial charge in [-0.1, -0.05) is 43.7 Å². The molecule has 0 aromatic carbocycles. The highest BCUT2D eigenvalue weighted by atomic mass is 16.2. The summed E-state index contributed by atoms with van der Waals surface area (Å²) in [5.41, 5.74) is 10.9. The molecule has 2 aliphatic rings. The van der Waals surface area contributed by atoms with E-state index < -0.39 is 0 Å². The third kappa shape index (κ3) is 5.19. The quantitative estimate of drug-likeness (QED) is 0.449. The normalized spacial score (nSPS) is 18.0. The van der Waals surface area contributed by atoms with Gasteiger partial charge in [-0.25, -0.2) is 4.98 Å². The Balaban J connectivity index is 1.37. The van der Waals surface area contributed by atoms with E-state index in [2.05, 4.69) is 36.3 Å². The van der Waals surface area contributed by atoms with Crippen molar-refractivity contribution >= 4 is 23.7 Å². The average molecular weight is 499 g/mol. The standard InChI is InChI=1S/C29H34N6O2/c1-2-3-9-27(37)34-14-12-20(13-15-34)16-26-24(19-36)28(30)35-29(33-26)23(18-32-35)22-10-11-25(31-17-22)21-7-5-4-6-8-21/h4-7,10-11,17-21H,2-3,8-9,12-16,30H2,1H3. The fraction of sp³-hybridized carbons (Fsp3) is 0.414. The maximum Gasteiger partial charge on any atom is 0.222 e. The van der Waals surface area contributed by atoms with E-state index in [-0.39, 0.29) is 11.8 Å². The molecule has 1 unspecified atom stereocenters. The zero-order chi connectivity index (χ0) is 25.8. The number of hydrogen-bond acceptors (Lipinski definition) is 6. The minimum atomic E-state index is 0.247. The van der Waals surface area contributed by atoms with Gasteiger partial charge in [0.05, 0.1) is 17.5 Å². The van der Waals surface area contributed by atoms with Crippen LogP contribution in [0.4, 0.5) is 5.82 Å². The molecular formula is C29H34N6O2. The van der Waals surface area contributed by atoms with E-state index in [0.717, 1.165) is 68.3 Å². The summed E-state index contributed by atoms with van der Waals surface area (Å²) in [7, 11) is 0. The van der Waals surface area contributed by atoms with Gasteiger partial charge < -0.3 is 10.6 Å². The van der Waals surface area contributed by atoms with E-state index in [1.165, 1.54) is 0 Å². The first kappa shape index (κ1) is 24.9. The molecule has 5 rings (SSSR count). The number of pyridine rings is 1. The molecule has 1 aliphatic carbocycles. The second kappa shape index (κ2) is 11.1. The Bertz CT molecular complexity index is 1330. The van der Waals surface area contributed by atoms with Crippen LogP contribution in [-0.2, 0) is 11.2 Å². The second-order valence-corrected chi connectivity index (χ2v) is 10.0. The third-order valence-corrected chi connectivity index (χ3v) is 7.57. The second-order valence-electron chi connectivity index (χ2n) is 10.0. The van der Waals surface area contributed by atoms with Crippen LogP contribution in [0.25, 0.3) is 16.8 Å². The van der Waals surface area contributed by atoms with Crippen molar-refractivity contribution in [2.45, 2.75) is 57.8 Å². The fourth-order valence-electron chi connectivity index (χ4n) is 5.29. The van der Waals surface area contributed by atoms with Crippen LogP contribution in [-0.4, -0.2) is 49.8 Å². The van der Waals surface area contributed by atoms with Crippen LogP contribution < -0.4 is 5.73 Å². The fourth-order valence-corrected chi connectivity index (χ4v) is 5.29. The summed E-state index contributed by atoms with van der Waals surface area (Å²) < 4.78 is 1.54. The lowest BCUT2D eigenvalue weighted by Gasteiger charge is -2.32. The van der Waals surface area contributed by atoms with Gasteiger partial charge in [0, 0.05) is 48.4 Å². The molecule has 0 bridgehead atoms. The minimum Gasteiger partial charge on any atom is -0.383 e. The van der Waals surface area contributed by atoms with Crippen LogP contribution in [0, 0.1) is 5.92 Å². The first-order chi connectivity index (χ1) is 18.1. The van der Waals surface area contributed by atoms with Gasteiger partial charge in [-0.15, -0.1) is 0 Å². The lowest BCUT2D eigenvalue weighted by molar-refractivity contribution is -0.132. The number of fused-ring (bicyclic) bond motifs is 1. The number of nitrogen functional groups attached to an aromatic ring is 1. The molecule has 1 saturated heterocycles. The maximum atomic E-state index is 12.4. The molecule has 37 heavy (non-hydrogen) atoms. The number of unbranched alkanes of at least 4 members (excludes halogenated alkanes) is 1. The van der Waals surface area contributed by atoms with Gasteiger partial charge in [0.25, 0.3) is 0 Å². The molecule has 3 aromatic heterocycles. The number of aldehydes is 1. The highest BCUT2D eigenvalue weighted by molar-refractivity contribution is 5.86.